The van der Waals surface area contributed by atoms with Crippen LogP contribution in [0, 0.1) is 12.2 Å². The van der Waals surface area contributed by atoms with Crippen LogP contribution >= 0.6 is 0 Å². The Bertz CT molecular complexity index is 332. The van der Waals surface area contributed by atoms with E-state index in [9.17, 15) is 4.79 Å². The summed E-state index contributed by atoms with van der Waals surface area (Å²) >= 11 is 0. The standard InChI is InChI=1S/C10H8O3/c1-9(11)12-7-8-13-10-5-3-2-4-6-10/h2-6H,1H3. The maximum absolute atomic E-state index is 10.3. The summed E-state index contributed by atoms with van der Waals surface area (Å²) in [5, 5.41) is 0. The highest BCUT2D eigenvalue weighted by molar-refractivity contribution is 5.67. The summed E-state index contributed by atoms with van der Waals surface area (Å²) in [6.45, 7) is 1.27. The molecule has 1 rings (SSSR count). The Morgan fingerprint density at radius 3 is 2.54 bits per heavy atom. The number of hydrogen-bond donors (Lipinski definition) is 0. The van der Waals surface area contributed by atoms with Gasteiger partial charge in [-0.15, -0.1) is 0 Å². The van der Waals surface area contributed by atoms with Crippen LogP contribution in [-0.4, -0.2) is 5.97 Å². The Balaban J connectivity index is 2.42. The Morgan fingerprint density at radius 1 is 1.23 bits per heavy atom. The van der Waals surface area contributed by atoms with Gasteiger partial charge in [0.1, 0.15) is 5.75 Å². The van der Waals surface area contributed by atoms with Gasteiger partial charge in [-0.2, -0.15) is 0 Å². The van der Waals surface area contributed by atoms with Gasteiger partial charge >= 0.3 is 5.97 Å². The van der Waals surface area contributed by atoms with Crippen LogP contribution in [0.3, 0.4) is 0 Å². The van der Waals surface area contributed by atoms with Gasteiger partial charge in [-0.1, -0.05) is 18.2 Å². The molecule has 0 atom stereocenters. The molecule has 0 spiro atoms. The van der Waals surface area contributed by atoms with Crippen molar-refractivity contribution in [3.8, 4) is 18.0 Å². The molecule has 0 bridgehead atoms. The first kappa shape index (κ1) is 9.14. The number of carbonyl (C=O) groups excluding carboxylic acids is 1. The fourth-order valence-corrected chi connectivity index (χ4v) is 0.661. The van der Waals surface area contributed by atoms with Crippen molar-refractivity contribution in [2.75, 3.05) is 0 Å². The van der Waals surface area contributed by atoms with Gasteiger partial charge in [-0.3, -0.25) is 4.79 Å². The third-order valence-electron chi connectivity index (χ3n) is 1.15. The largest absolute Gasteiger partial charge is 0.405 e. The van der Waals surface area contributed by atoms with Crippen molar-refractivity contribution in [3.05, 3.63) is 30.3 Å². The number of ether oxygens (including phenoxy) is 2. The number of para-hydroxylation sites is 1. The van der Waals surface area contributed by atoms with E-state index in [1.54, 1.807) is 12.1 Å². The monoisotopic (exact) mass is 176 g/mol. The topological polar surface area (TPSA) is 35.5 Å². The molecule has 0 amide bonds. The predicted octanol–water partition coefficient (Wildman–Crippen LogP) is 1.55. The quantitative estimate of drug-likeness (QED) is 0.481. The first-order chi connectivity index (χ1) is 6.29. The zero-order valence-corrected chi connectivity index (χ0v) is 7.11. The Kier molecular flexibility index (Phi) is 3.40. The molecule has 0 fully saturated rings. The highest BCUT2D eigenvalue weighted by Crippen LogP contribution is 2.06. The molecule has 0 unspecified atom stereocenters. The van der Waals surface area contributed by atoms with Crippen molar-refractivity contribution in [2.24, 2.45) is 0 Å². The Hall–Kier alpha value is -1.95. The molecule has 0 aliphatic heterocycles. The second kappa shape index (κ2) is 4.83. The maximum Gasteiger partial charge on any atom is 0.316 e. The zero-order valence-electron chi connectivity index (χ0n) is 7.11. The molecule has 3 heteroatoms. The van der Waals surface area contributed by atoms with E-state index in [2.05, 4.69) is 16.9 Å². The Labute approximate surface area is 76.3 Å². The lowest BCUT2D eigenvalue weighted by Crippen LogP contribution is -1.91. The van der Waals surface area contributed by atoms with E-state index >= 15 is 0 Å². The molecule has 3 nitrogen and oxygen atoms in total. The van der Waals surface area contributed by atoms with E-state index in [-0.39, 0.29) is 0 Å². The lowest BCUT2D eigenvalue weighted by molar-refractivity contribution is -0.134. The minimum atomic E-state index is -0.454. The van der Waals surface area contributed by atoms with Gasteiger partial charge in [0.25, 0.3) is 0 Å². The molecular formula is C10H8O3. The van der Waals surface area contributed by atoms with Gasteiger partial charge in [-0.25, -0.2) is 0 Å². The highest BCUT2D eigenvalue weighted by atomic mass is 16.5. The summed E-state index contributed by atoms with van der Waals surface area (Å²) in [4.78, 5) is 10.3. The zero-order chi connectivity index (χ0) is 9.52. The van der Waals surface area contributed by atoms with Crippen LogP contribution < -0.4 is 4.74 Å². The molecule has 0 N–H and O–H groups in total. The summed E-state index contributed by atoms with van der Waals surface area (Å²) in [6, 6.07) is 9.02. The number of rotatable bonds is 1. The van der Waals surface area contributed by atoms with E-state index in [1.165, 1.54) is 6.92 Å². The summed E-state index contributed by atoms with van der Waals surface area (Å²) < 4.78 is 9.26. The molecule has 0 aliphatic carbocycles. The van der Waals surface area contributed by atoms with Gasteiger partial charge in [0.15, 0.2) is 12.2 Å². The van der Waals surface area contributed by atoms with Crippen molar-refractivity contribution < 1.29 is 14.3 Å². The van der Waals surface area contributed by atoms with Crippen LogP contribution in [0.2, 0.25) is 0 Å². The number of carbonyl (C=O) groups is 1. The third-order valence-corrected chi connectivity index (χ3v) is 1.15. The minimum absolute atomic E-state index is 0.454. The fraction of sp³-hybridized carbons (Fsp3) is 0.100. The lowest BCUT2D eigenvalue weighted by atomic mass is 10.3. The number of hydrogen-bond acceptors (Lipinski definition) is 3. The van der Waals surface area contributed by atoms with E-state index < -0.39 is 5.97 Å². The van der Waals surface area contributed by atoms with Gasteiger partial charge < -0.3 is 9.47 Å². The molecule has 0 heterocycles. The summed E-state index contributed by atoms with van der Waals surface area (Å²) in [6.07, 6.45) is 4.35. The second-order valence-corrected chi connectivity index (χ2v) is 2.21. The van der Waals surface area contributed by atoms with Gasteiger partial charge in [0.05, 0.1) is 0 Å². The molecule has 0 aliphatic rings. The van der Waals surface area contributed by atoms with Crippen molar-refractivity contribution in [1.82, 2.24) is 0 Å². The van der Waals surface area contributed by atoms with Crippen molar-refractivity contribution in [3.63, 3.8) is 0 Å². The average molecular weight is 176 g/mol. The van der Waals surface area contributed by atoms with E-state index in [0.29, 0.717) is 5.75 Å². The van der Waals surface area contributed by atoms with Crippen LogP contribution in [0.25, 0.3) is 0 Å². The number of benzene rings is 1. The van der Waals surface area contributed by atoms with Crippen LogP contribution in [-0.2, 0) is 9.53 Å². The highest BCUT2D eigenvalue weighted by Gasteiger charge is 1.87. The van der Waals surface area contributed by atoms with Crippen LogP contribution in [0.15, 0.2) is 30.3 Å². The van der Waals surface area contributed by atoms with Crippen LogP contribution in [0.4, 0.5) is 0 Å². The molecular weight excluding hydrogens is 168 g/mol. The van der Waals surface area contributed by atoms with Gasteiger partial charge in [-0.05, 0) is 12.1 Å². The van der Waals surface area contributed by atoms with Crippen molar-refractivity contribution in [2.45, 2.75) is 6.92 Å². The molecule has 0 radical (unpaired) electrons. The minimum Gasteiger partial charge on any atom is -0.405 e. The molecule has 1 aromatic rings. The van der Waals surface area contributed by atoms with Gasteiger partial charge in [0, 0.05) is 6.92 Å². The second-order valence-electron chi connectivity index (χ2n) is 2.21. The third kappa shape index (κ3) is 3.82. The summed E-state index contributed by atoms with van der Waals surface area (Å²) in [7, 11) is 0. The normalized spacial score (nSPS) is 8.08. The smallest absolute Gasteiger partial charge is 0.316 e. The van der Waals surface area contributed by atoms with E-state index in [4.69, 9.17) is 4.74 Å². The van der Waals surface area contributed by atoms with Crippen LogP contribution in [0.1, 0.15) is 6.92 Å². The summed E-state index contributed by atoms with van der Waals surface area (Å²) in [5.41, 5.74) is 0. The van der Waals surface area contributed by atoms with Crippen LogP contribution in [0.5, 0.6) is 5.75 Å². The molecule has 13 heavy (non-hydrogen) atoms. The molecule has 0 aromatic heterocycles. The predicted molar refractivity (Wildman–Crippen MR) is 46.6 cm³/mol. The molecule has 66 valence electrons. The summed E-state index contributed by atoms with van der Waals surface area (Å²) in [5.74, 6) is 0.159. The SMILES string of the molecule is CC(=O)OC#COc1ccccc1. The van der Waals surface area contributed by atoms with E-state index in [0.717, 1.165) is 0 Å². The molecule has 0 saturated heterocycles. The first-order valence-corrected chi connectivity index (χ1v) is 3.68. The van der Waals surface area contributed by atoms with Crippen molar-refractivity contribution in [1.29, 1.82) is 0 Å². The lowest BCUT2D eigenvalue weighted by Gasteiger charge is -1.92. The average Bonchev–Trinajstić information content (AvgIpc) is 2.14. The fourth-order valence-electron chi connectivity index (χ4n) is 0.661. The molecule has 0 saturated carbocycles. The Morgan fingerprint density at radius 2 is 1.92 bits per heavy atom. The molecule has 1 aromatic carbocycles. The maximum atomic E-state index is 10.3. The number of esters is 1. The van der Waals surface area contributed by atoms with Crippen molar-refractivity contribution >= 4 is 5.97 Å². The first-order valence-electron chi connectivity index (χ1n) is 3.68. The van der Waals surface area contributed by atoms with E-state index in [1.807, 2.05) is 18.2 Å². The van der Waals surface area contributed by atoms with Gasteiger partial charge in [0.2, 0.25) is 0 Å².